The maximum atomic E-state index is 12.7. The molecule has 0 spiro atoms. The highest BCUT2D eigenvalue weighted by molar-refractivity contribution is 6.33. The topological polar surface area (TPSA) is 108 Å². The SMILES string of the molecule is COC(=O)NCCC[C@@](O)(c1cccc(Cl)c1-c1cccc(C(C)C)c1)[C@@H]1CCCN(C[C@H]2C[C@@H](N)[C@@H](O)C2)C1. The zero-order chi connectivity index (χ0) is 28.9. The molecule has 0 unspecified atom stereocenters. The van der Waals surface area contributed by atoms with E-state index in [1.54, 1.807) is 0 Å². The van der Waals surface area contributed by atoms with Gasteiger partial charge in [-0.15, -0.1) is 0 Å². The molecule has 1 heterocycles. The number of halogens is 1. The first-order valence-corrected chi connectivity index (χ1v) is 15.1. The van der Waals surface area contributed by atoms with E-state index >= 15 is 0 Å². The standard InChI is InChI=1S/C32H46ClN3O4/c1-21(2)23-8-4-9-24(18-23)30-26(11-5-12-27(30)33)32(39,13-7-14-35-31(38)40-3)25-10-6-15-36(20-25)19-22-16-28(34)29(37)17-22/h4-5,8-9,11-12,18,21-22,25,28-29,37,39H,6-7,10,13-17,19-20,34H2,1-3H3,(H,35,38)/t22-,25+,28+,29-,32-/m0/s1. The summed E-state index contributed by atoms with van der Waals surface area (Å²) in [5.74, 6) is 0.703. The monoisotopic (exact) mass is 571 g/mol. The number of ether oxygens (including phenoxy) is 1. The summed E-state index contributed by atoms with van der Waals surface area (Å²) >= 11 is 6.90. The second-order valence-corrected chi connectivity index (χ2v) is 12.5. The van der Waals surface area contributed by atoms with E-state index in [4.69, 9.17) is 22.1 Å². The van der Waals surface area contributed by atoms with Crippen molar-refractivity contribution in [2.24, 2.45) is 17.6 Å². The molecule has 1 saturated carbocycles. The van der Waals surface area contributed by atoms with Crippen LogP contribution in [0, 0.1) is 11.8 Å². The third-order valence-electron chi connectivity index (χ3n) is 8.88. The fourth-order valence-electron chi connectivity index (χ4n) is 6.69. The first-order chi connectivity index (χ1) is 19.1. The summed E-state index contributed by atoms with van der Waals surface area (Å²) in [7, 11) is 1.35. The molecular formula is C32H46ClN3O4. The van der Waals surface area contributed by atoms with E-state index < -0.39 is 17.8 Å². The molecule has 1 saturated heterocycles. The van der Waals surface area contributed by atoms with Crippen LogP contribution in [0.4, 0.5) is 4.79 Å². The van der Waals surface area contributed by atoms with Gasteiger partial charge < -0.3 is 30.9 Å². The van der Waals surface area contributed by atoms with Gasteiger partial charge in [0, 0.05) is 42.2 Å². The fraction of sp³-hybridized carbons (Fsp3) is 0.594. The van der Waals surface area contributed by atoms with E-state index in [1.807, 2.05) is 18.2 Å². The van der Waals surface area contributed by atoms with Crippen LogP contribution in [0.3, 0.4) is 0 Å². The summed E-state index contributed by atoms with van der Waals surface area (Å²) in [6.07, 6.45) is 3.59. The lowest BCUT2D eigenvalue weighted by Crippen LogP contribution is -2.47. The van der Waals surface area contributed by atoms with Crippen LogP contribution >= 0.6 is 11.6 Å². The molecule has 2 aliphatic rings. The lowest BCUT2D eigenvalue weighted by molar-refractivity contribution is -0.0621. The summed E-state index contributed by atoms with van der Waals surface area (Å²) < 4.78 is 4.74. The molecule has 2 fully saturated rings. The number of benzene rings is 2. The number of nitrogens with zero attached hydrogens (tertiary/aromatic N) is 1. The van der Waals surface area contributed by atoms with E-state index in [1.165, 1.54) is 12.7 Å². The summed E-state index contributed by atoms with van der Waals surface area (Å²) in [6, 6.07) is 14.1. The Labute approximate surface area is 244 Å². The van der Waals surface area contributed by atoms with Crippen molar-refractivity contribution in [3.8, 4) is 11.1 Å². The highest BCUT2D eigenvalue weighted by Crippen LogP contribution is 2.46. The minimum absolute atomic E-state index is 0.0233. The van der Waals surface area contributed by atoms with Gasteiger partial charge in [-0.1, -0.05) is 61.8 Å². The molecule has 4 rings (SSSR count). The number of carbonyl (C=O) groups is 1. The third kappa shape index (κ3) is 7.18. The number of rotatable bonds is 10. The van der Waals surface area contributed by atoms with Crippen molar-refractivity contribution in [1.82, 2.24) is 10.2 Å². The Hall–Kier alpha value is -2.16. The average molecular weight is 572 g/mol. The van der Waals surface area contributed by atoms with E-state index in [0.717, 1.165) is 62.0 Å². The third-order valence-corrected chi connectivity index (χ3v) is 9.20. The lowest BCUT2D eigenvalue weighted by atomic mass is 9.72. The fourth-order valence-corrected chi connectivity index (χ4v) is 6.97. The molecule has 0 radical (unpaired) electrons. The Morgan fingerprint density at radius 2 is 2.02 bits per heavy atom. The average Bonchev–Trinajstić information content (AvgIpc) is 3.26. The van der Waals surface area contributed by atoms with Crippen molar-refractivity contribution in [3.05, 3.63) is 58.6 Å². The molecule has 1 amide bonds. The molecule has 5 N–H and O–H groups in total. The molecule has 0 aromatic heterocycles. The predicted octanol–water partition coefficient (Wildman–Crippen LogP) is 5.26. The number of hydrogen-bond donors (Lipinski definition) is 4. The molecule has 1 aliphatic heterocycles. The second kappa shape index (κ2) is 13.7. The van der Waals surface area contributed by atoms with Crippen LogP contribution in [0.15, 0.2) is 42.5 Å². The highest BCUT2D eigenvalue weighted by atomic mass is 35.5. The van der Waals surface area contributed by atoms with Gasteiger partial charge >= 0.3 is 6.09 Å². The maximum absolute atomic E-state index is 12.7. The molecule has 220 valence electrons. The van der Waals surface area contributed by atoms with E-state index in [-0.39, 0.29) is 12.0 Å². The molecule has 2 aromatic carbocycles. The number of alkyl carbamates (subject to hydrolysis) is 1. The summed E-state index contributed by atoms with van der Waals surface area (Å²) in [5, 5.41) is 26.3. The van der Waals surface area contributed by atoms with Gasteiger partial charge in [0.15, 0.2) is 0 Å². The first kappa shape index (κ1) is 30.8. The number of piperidine rings is 1. The molecule has 8 heteroatoms. The Kier molecular flexibility index (Phi) is 10.5. The number of likely N-dealkylation sites (tertiary alicyclic amines) is 1. The molecular weight excluding hydrogens is 526 g/mol. The van der Waals surface area contributed by atoms with Gasteiger partial charge in [0.05, 0.1) is 18.8 Å². The van der Waals surface area contributed by atoms with E-state index in [9.17, 15) is 15.0 Å². The largest absolute Gasteiger partial charge is 0.453 e. The smallest absolute Gasteiger partial charge is 0.406 e. The zero-order valence-corrected chi connectivity index (χ0v) is 24.9. The molecule has 1 aliphatic carbocycles. The number of methoxy groups -OCH3 is 1. The molecule has 5 atom stereocenters. The van der Waals surface area contributed by atoms with Crippen LogP contribution in [-0.4, -0.2) is 66.6 Å². The summed E-state index contributed by atoms with van der Waals surface area (Å²) in [4.78, 5) is 14.1. The van der Waals surface area contributed by atoms with Crippen LogP contribution in [0.5, 0.6) is 0 Å². The quantitative estimate of drug-likeness (QED) is 0.290. The van der Waals surface area contributed by atoms with Crippen molar-refractivity contribution < 1.29 is 19.7 Å². The number of aliphatic hydroxyl groups is 2. The highest BCUT2D eigenvalue weighted by Gasteiger charge is 2.43. The number of nitrogens with one attached hydrogen (secondary N) is 1. The summed E-state index contributed by atoms with van der Waals surface area (Å²) in [5.41, 5.74) is 8.87. The van der Waals surface area contributed by atoms with Crippen LogP contribution in [0.2, 0.25) is 5.02 Å². The van der Waals surface area contributed by atoms with Crippen LogP contribution in [0.25, 0.3) is 11.1 Å². The molecule has 7 nitrogen and oxygen atoms in total. The van der Waals surface area contributed by atoms with Crippen molar-refractivity contribution in [2.45, 2.75) is 76.0 Å². The van der Waals surface area contributed by atoms with Crippen LogP contribution in [-0.2, 0) is 10.3 Å². The van der Waals surface area contributed by atoms with Crippen molar-refractivity contribution in [3.63, 3.8) is 0 Å². The van der Waals surface area contributed by atoms with Gasteiger partial charge in [-0.05, 0) is 79.7 Å². The van der Waals surface area contributed by atoms with Gasteiger partial charge in [0.1, 0.15) is 0 Å². The Morgan fingerprint density at radius 3 is 2.73 bits per heavy atom. The normalized spacial score (nSPS) is 25.1. The van der Waals surface area contributed by atoms with Crippen LogP contribution < -0.4 is 11.1 Å². The van der Waals surface area contributed by atoms with Crippen molar-refractivity contribution >= 4 is 17.7 Å². The van der Waals surface area contributed by atoms with Crippen LogP contribution in [0.1, 0.15) is 69.4 Å². The number of nitrogens with two attached hydrogens (primary N) is 1. The molecule has 0 bridgehead atoms. The molecule has 2 aromatic rings. The summed E-state index contributed by atoms with van der Waals surface area (Å²) in [6.45, 7) is 7.34. The minimum atomic E-state index is -1.16. The lowest BCUT2D eigenvalue weighted by Gasteiger charge is -2.44. The number of amides is 1. The Morgan fingerprint density at radius 1 is 1.25 bits per heavy atom. The van der Waals surface area contributed by atoms with E-state index in [0.29, 0.717) is 36.2 Å². The van der Waals surface area contributed by atoms with E-state index in [2.05, 4.69) is 48.3 Å². The van der Waals surface area contributed by atoms with Gasteiger partial charge in [-0.2, -0.15) is 0 Å². The first-order valence-electron chi connectivity index (χ1n) is 14.7. The maximum Gasteiger partial charge on any atom is 0.406 e. The Bertz CT molecular complexity index is 1130. The van der Waals surface area contributed by atoms with Crippen molar-refractivity contribution in [1.29, 1.82) is 0 Å². The number of aliphatic hydroxyl groups excluding tert-OH is 1. The number of carbonyl (C=O) groups excluding carboxylic acids is 1. The number of hydrogen-bond acceptors (Lipinski definition) is 6. The van der Waals surface area contributed by atoms with Crippen molar-refractivity contribution in [2.75, 3.05) is 33.3 Å². The predicted molar refractivity (Wildman–Crippen MR) is 160 cm³/mol. The van der Waals surface area contributed by atoms with Gasteiger partial charge in [-0.25, -0.2) is 4.79 Å². The Balaban J connectivity index is 1.66. The van der Waals surface area contributed by atoms with Gasteiger partial charge in [-0.3, -0.25) is 0 Å². The van der Waals surface area contributed by atoms with Gasteiger partial charge in [0.25, 0.3) is 0 Å². The second-order valence-electron chi connectivity index (χ2n) is 12.1. The van der Waals surface area contributed by atoms with Gasteiger partial charge in [0.2, 0.25) is 0 Å². The minimum Gasteiger partial charge on any atom is -0.453 e. The molecule has 40 heavy (non-hydrogen) atoms. The zero-order valence-electron chi connectivity index (χ0n) is 24.1.